The van der Waals surface area contributed by atoms with Crippen LogP contribution in [0.25, 0.3) is 0 Å². The molecule has 2 rings (SSSR count). The summed E-state index contributed by atoms with van der Waals surface area (Å²) in [6.45, 7) is 6.40. The molecule has 126 valence electrons. The molecule has 0 aromatic heterocycles. The Morgan fingerprint density at radius 3 is 1.67 bits per heavy atom. The molecule has 0 amide bonds. The number of hydrogen-bond acceptors (Lipinski definition) is 8. The quantitative estimate of drug-likeness (QED) is 0.644. The second-order valence-corrected chi connectivity index (χ2v) is 6.63. The summed E-state index contributed by atoms with van der Waals surface area (Å²) in [5.41, 5.74) is 0. The Morgan fingerprint density at radius 1 is 0.810 bits per heavy atom. The normalized spacial score (nSPS) is 24.9. The van der Waals surface area contributed by atoms with Crippen LogP contribution in [0.15, 0.2) is 0 Å². The minimum absolute atomic E-state index is 0.664. The first-order valence-corrected chi connectivity index (χ1v) is 9.74. The summed E-state index contributed by atoms with van der Waals surface area (Å²) in [5, 5.41) is 3.43. The minimum Gasteiger partial charge on any atom is -0.379 e. The van der Waals surface area contributed by atoms with E-state index in [9.17, 15) is 8.42 Å². The molecule has 21 heavy (non-hydrogen) atoms. The van der Waals surface area contributed by atoms with Crippen LogP contribution in [-0.4, -0.2) is 95.5 Å². The highest BCUT2D eigenvalue weighted by molar-refractivity contribution is 7.79. The van der Waals surface area contributed by atoms with Crippen molar-refractivity contribution < 1.29 is 21.7 Å². The van der Waals surface area contributed by atoms with E-state index in [1.54, 1.807) is 16.4 Å². The van der Waals surface area contributed by atoms with Crippen molar-refractivity contribution in [3.05, 3.63) is 0 Å². The highest BCUT2D eigenvalue weighted by atomic mass is 32.2. The van der Waals surface area contributed by atoms with Gasteiger partial charge in [-0.2, -0.15) is 18.7 Å². The van der Waals surface area contributed by atoms with Crippen molar-refractivity contribution in [1.82, 2.24) is 15.0 Å². The zero-order chi connectivity index (χ0) is 15.7. The van der Waals surface area contributed by atoms with Gasteiger partial charge in [-0.05, 0) is 7.05 Å². The predicted molar refractivity (Wildman–Crippen MR) is 81.8 cm³/mol. The Bertz CT molecular complexity index is 334. The molecule has 2 aliphatic rings. The number of hydrogen-bond donors (Lipinski definition) is 0. The molecule has 0 spiro atoms. The molecule has 2 atom stereocenters. The molecule has 2 fully saturated rings. The number of likely N-dealkylation sites (N-methyl/N-ethyl adjacent to an activating group) is 1. The van der Waals surface area contributed by atoms with Crippen molar-refractivity contribution in [2.45, 2.75) is 0 Å². The van der Waals surface area contributed by atoms with Gasteiger partial charge in [0.05, 0.1) is 13.2 Å². The molecule has 2 saturated heterocycles. The van der Waals surface area contributed by atoms with E-state index in [1.807, 2.05) is 0 Å². The van der Waals surface area contributed by atoms with Gasteiger partial charge in [0.15, 0.2) is 22.2 Å². The Balaban J connectivity index is 0.000000211. The summed E-state index contributed by atoms with van der Waals surface area (Å²) in [6, 6.07) is 0. The summed E-state index contributed by atoms with van der Waals surface area (Å²) in [5.74, 6) is 0. The van der Waals surface area contributed by atoms with E-state index in [0.29, 0.717) is 26.3 Å². The van der Waals surface area contributed by atoms with Crippen LogP contribution in [0, 0.1) is 0 Å². The first-order valence-electron chi connectivity index (χ1n) is 6.77. The molecule has 2 aliphatic heterocycles. The van der Waals surface area contributed by atoms with E-state index in [4.69, 9.17) is 13.3 Å². The standard InChI is InChI=1S/C6H14N2O2S.C5H11NO3S/c1-7-3-5-8(6-4-7)10-11(2)9;1-10(7)9-6-2-4-8-5-3-6/h3-6H2,1-2H3;2-5H2,1H3. The maximum absolute atomic E-state index is 10.6. The lowest BCUT2D eigenvalue weighted by molar-refractivity contribution is -0.109. The van der Waals surface area contributed by atoms with Crippen LogP contribution in [0.4, 0.5) is 0 Å². The van der Waals surface area contributed by atoms with Gasteiger partial charge in [0, 0.05) is 51.8 Å². The molecule has 2 heterocycles. The number of ether oxygens (including phenoxy) is 1. The topological polar surface area (TPSA) is 71.5 Å². The van der Waals surface area contributed by atoms with Gasteiger partial charge in [-0.3, -0.25) is 0 Å². The fourth-order valence-corrected chi connectivity index (χ4v) is 2.67. The Labute approximate surface area is 131 Å². The highest BCUT2D eigenvalue weighted by Crippen LogP contribution is 2.00. The summed E-state index contributed by atoms with van der Waals surface area (Å²) >= 11 is -2.36. The van der Waals surface area contributed by atoms with Crippen molar-refractivity contribution in [3.8, 4) is 0 Å². The molecule has 10 heteroatoms. The van der Waals surface area contributed by atoms with Crippen molar-refractivity contribution in [1.29, 1.82) is 0 Å². The van der Waals surface area contributed by atoms with Gasteiger partial charge < -0.3 is 9.64 Å². The van der Waals surface area contributed by atoms with Gasteiger partial charge in [-0.1, -0.05) is 0 Å². The predicted octanol–water partition coefficient (Wildman–Crippen LogP) is -0.997. The molecule has 0 radical (unpaired) electrons. The van der Waals surface area contributed by atoms with Gasteiger partial charge in [0.2, 0.25) is 0 Å². The van der Waals surface area contributed by atoms with Crippen LogP contribution in [0.2, 0.25) is 0 Å². The van der Waals surface area contributed by atoms with Crippen LogP contribution in [0.3, 0.4) is 0 Å². The van der Waals surface area contributed by atoms with E-state index in [-0.39, 0.29) is 0 Å². The average molecular weight is 343 g/mol. The van der Waals surface area contributed by atoms with E-state index in [1.165, 1.54) is 6.26 Å². The van der Waals surface area contributed by atoms with Gasteiger partial charge >= 0.3 is 0 Å². The number of nitrogens with zero attached hydrogens (tertiary/aromatic N) is 3. The average Bonchev–Trinajstić information content (AvgIpc) is 2.42. The van der Waals surface area contributed by atoms with Crippen molar-refractivity contribution in [2.75, 3.05) is 72.0 Å². The highest BCUT2D eigenvalue weighted by Gasteiger charge is 2.15. The van der Waals surface area contributed by atoms with Crippen LogP contribution < -0.4 is 0 Å². The second kappa shape index (κ2) is 10.7. The van der Waals surface area contributed by atoms with E-state index >= 15 is 0 Å². The van der Waals surface area contributed by atoms with Crippen molar-refractivity contribution >= 4 is 22.2 Å². The third kappa shape index (κ3) is 9.63. The Hall–Kier alpha value is 0.0600. The molecule has 0 N–H and O–H groups in total. The zero-order valence-electron chi connectivity index (χ0n) is 12.9. The number of piperazine rings is 1. The largest absolute Gasteiger partial charge is 0.379 e. The molecule has 0 aromatic carbocycles. The monoisotopic (exact) mass is 343 g/mol. The third-order valence-electron chi connectivity index (χ3n) is 2.85. The molecule has 2 unspecified atom stereocenters. The van der Waals surface area contributed by atoms with Crippen molar-refractivity contribution in [2.24, 2.45) is 0 Å². The summed E-state index contributed by atoms with van der Waals surface area (Å²) in [6.07, 6.45) is 3.05. The van der Waals surface area contributed by atoms with Crippen LogP contribution in [-0.2, 0) is 35.5 Å². The fraction of sp³-hybridized carbons (Fsp3) is 1.00. The van der Waals surface area contributed by atoms with E-state index in [2.05, 4.69) is 11.9 Å². The van der Waals surface area contributed by atoms with Crippen LogP contribution >= 0.6 is 0 Å². The fourth-order valence-electron chi connectivity index (χ4n) is 1.78. The first-order chi connectivity index (χ1) is 9.97. The van der Waals surface area contributed by atoms with E-state index < -0.39 is 22.2 Å². The number of morpholine rings is 1. The zero-order valence-corrected chi connectivity index (χ0v) is 14.5. The number of hydroxylamine groups is 4. The molecular weight excluding hydrogens is 318 g/mol. The minimum atomic E-state index is -1.19. The van der Waals surface area contributed by atoms with Crippen molar-refractivity contribution in [3.63, 3.8) is 0 Å². The molecule has 0 aromatic rings. The molecule has 8 nitrogen and oxygen atoms in total. The smallest absolute Gasteiger partial charge is 0.170 e. The van der Waals surface area contributed by atoms with Gasteiger partial charge in [0.1, 0.15) is 0 Å². The maximum Gasteiger partial charge on any atom is 0.170 e. The third-order valence-corrected chi connectivity index (χ3v) is 3.69. The maximum atomic E-state index is 10.6. The molecule has 0 aliphatic carbocycles. The Morgan fingerprint density at radius 2 is 1.24 bits per heavy atom. The van der Waals surface area contributed by atoms with Gasteiger partial charge in [0.25, 0.3) is 0 Å². The second-order valence-electron chi connectivity index (χ2n) is 4.73. The van der Waals surface area contributed by atoms with Gasteiger partial charge in [-0.25, -0.2) is 8.42 Å². The van der Waals surface area contributed by atoms with E-state index in [0.717, 1.165) is 26.2 Å². The lowest BCUT2D eigenvalue weighted by Gasteiger charge is -2.29. The van der Waals surface area contributed by atoms with Gasteiger partial charge in [-0.15, -0.1) is 0 Å². The van der Waals surface area contributed by atoms with Crippen LogP contribution in [0.1, 0.15) is 0 Å². The Kier molecular flexibility index (Phi) is 9.76. The summed E-state index contributed by atoms with van der Waals surface area (Å²) in [4.78, 5) is 2.22. The lowest BCUT2D eigenvalue weighted by atomic mass is 10.4. The molecule has 0 saturated carbocycles. The van der Waals surface area contributed by atoms with Crippen LogP contribution in [0.5, 0.6) is 0 Å². The number of rotatable bonds is 4. The summed E-state index contributed by atoms with van der Waals surface area (Å²) in [7, 11) is 2.07. The molecule has 0 bridgehead atoms. The lowest BCUT2D eigenvalue weighted by Crippen LogP contribution is -2.44. The molecular formula is C11H25N3O5S2. The SMILES string of the molecule is CN1CCN(OS(C)=O)CC1.CS(=O)ON1CCOCC1. The first kappa shape index (κ1) is 19.1. The summed E-state index contributed by atoms with van der Waals surface area (Å²) < 4.78 is 36.1.